The van der Waals surface area contributed by atoms with Gasteiger partial charge in [0.05, 0.1) is 17.8 Å². The Morgan fingerprint density at radius 1 is 1.10 bits per heavy atom. The van der Waals surface area contributed by atoms with Crippen LogP contribution in [-0.4, -0.2) is 35.1 Å². The highest BCUT2D eigenvalue weighted by molar-refractivity contribution is 5.95. The Kier molecular flexibility index (Phi) is 6.70. The van der Waals surface area contributed by atoms with E-state index >= 15 is 0 Å². The van der Waals surface area contributed by atoms with Gasteiger partial charge in [-0.3, -0.25) is 9.78 Å². The molecule has 0 aliphatic rings. The molecule has 3 rings (SSSR count). The number of anilines is 1. The van der Waals surface area contributed by atoms with Crippen molar-refractivity contribution in [3.8, 4) is 0 Å². The fourth-order valence-corrected chi connectivity index (χ4v) is 3.69. The van der Waals surface area contributed by atoms with Crippen LogP contribution in [0, 0.1) is 20.8 Å². The molecule has 0 aliphatic carbocycles. The summed E-state index contributed by atoms with van der Waals surface area (Å²) in [7, 11) is 0. The molecular weight excluding hydrogens is 360 g/mol. The van der Waals surface area contributed by atoms with Crippen LogP contribution in [0.1, 0.15) is 39.9 Å². The average molecular weight is 391 g/mol. The van der Waals surface area contributed by atoms with Gasteiger partial charge in [-0.25, -0.2) is 0 Å². The maximum absolute atomic E-state index is 12.8. The summed E-state index contributed by atoms with van der Waals surface area (Å²) in [5.41, 5.74) is 6.22. The number of amides is 1. The number of rotatable bonds is 8. The number of pyridine rings is 1. The van der Waals surface area contributed by atoms with E-state index in [2.05, 4.69) is 57.9 Å². The zero-order valence-corrected chi connectivity index (χ0v) is 17.8. The van der Waals surface area contributed by atoms with Crippen molar-refractivity contribution < 1.29 is 4.79 Å². The van der Waals surface area contributed by atoms with Crippen LogP contribution >= 0.6 is 0 Å². The summed E-state index contributed by atoms with van der Waals surface area (Å²) in [4.78, 5) is 19.5. The molecule has 2 aromatic heterocycles. The molecule has 0 spiro atoms. The van der Waals surface area contributed by atoms with E-state index < -0.39 is 0 Å². The molecule has 0 fully saturated rings. The lowest BCUT2D eigenvalue weighted by atomic mass is 10.2. The van der Waals surface area contributed by atoms with Gasteiger partial charge >= 0.3 is 0 Å². The predicted octanol–water partition coefficient (Wildman–Crippen LogP) is 4.11. The summed E-state index contributed by atoms with van der Waals surface area (Å²) in [5.74, 6) is -0.0220. The molecule has 152 valence electrons. The fourth-order valence-electron chi connectivity index (χ4n) is 3.69. The number of para-hydroxylation sites is 1. The molecule has 1 N–H and O–H groups in total. The SMILES string of the molecule is CCN(CCNC(=O)c1cc(C)n(Cc2ccccn2)c1C)c1ccccc1C. The largest absolute Gasteiger partial charge is 0.370 e. The lowest BCUT2D eigenvalue weighted by Gasteiger charge is -2.25. The highest BCUT2D eigenvalue weighted by Crippen LogP contribution is 2.19. The second kappa shape index (κ2) is 9.41. The van der Waals surface area contributed by atoms with E-state index in [0.29, 0.717) is 13.1 Å². The summed E-state index contributed by atoms with van der Waals surface area (Å²) in [6, 6.07) is 16.2. The first-order valence-electron chi connectivity index (χ1n) is 10.2. The first-order valence-corrected chi connectivity index (χ1v) is 10.2. The zero-order chi connectivity index (χ0) is 20.8. The third kappa shape index (κ3) is 4.86. The molecule has 0 saturated heterocycles. The molecule has 0 bridgehead atoms. The topological polar surface area (TPSA) is 50.2 Å². The molecule has 0 saturated carbocycles. The van der Waals surface area contributed by atoms with E-state index in [1.54, 1.807) is 6.20 Å². The molecule has 0 atom stereocenters. The van der Waals surface area contributed by atoms with Crippen molar-refractivity contribution in [2.75, 3.05) is 24.5 Å². The number of aromatic nitrogens is 2. The summed E-state index contributed by atoms with van der Waals surface area (Å²) < 4.78 is 2.14. The third-order valence-corrected chi connectivity index (χ3v) is 5.37. The second-order valence-corrected chi connectivity index (χ2v) is 7.31. The Labute approximate surface area is 173 Å². The van der Waals surface area contributed by atoms with E-state index in [4.69, 9.17) is 0 Å². The van der Waals surface area contributed by atoms with Gasteiger partial charge in [0.1, 0.15) is 0 Å². The minimum Gasteiger partial charge on any atom is -0.370 e. The standard InChI is InChI=1S/C24H30N4O/c1-5-27(23-12-7-6-10-18(23)2)15-14-26-24(29)22-16-19(3)28(20(22)4)17-21-11-8-9-13-25-21/h6-13,16H,5,14-15,17H2,1-4H3,(H,26,29). The van der Waals surface area contributed by atoms with Crippen LogP contribution in [0.2, 0.25) is 0 Å². The van der Waals surface area contributed by atoms with E-state index in [1.165, 1.54) is 11.3 Å². The van der Waals surface area contributed by atoms with E-state index in [1.807, 2.05) is 38.1 Å². The number of nitrogens with one attached hydrogen (secondary N) is 1. The van der Waals surface area contributed by atoms with Crippen molar-refractivity contribution in [3.05, 3.63) is 82.9 Å². The highest BCUT2D eigenvalue weighted by atomic mass is 16.1. The van der Waals surface area contributed by atoms with Gasteiger partial charge in [-0.1, -0.05) is 24.3 Å². The van der Waals surface area contributed by atoms with Crippen LogP contribution < -0.4 is 10.2 Å². The van der Waals surface area contributed by atoms with Crippen molar-refractivity contribution >= 4 is 11.6 Å². The molecule has 1 aromatic carbocycles. The van der Waals surface area contributed by atoms with Gasteiger partial charge in [-0.2, -0.15) is 0 Å². The number of carbonyl (C=O) groups excluding carboxylic acids is 1. The van der Waals surface area contributed by atoms with Gasteiger partial charge in [0.25, 0.3) is 5.91 Å². The summed E-state index contributed by atoms with van der Waals surface area (Å²) in [6.45, 7) is 11.2. The van der Waals surface area contributed by atoms with Crippen LogP contribution in [0.5, 0.6) is 0 Å². The monoisotopic (exact) mass is 390 g/mol. The van der Waals surface area contributed by atoms with Crippen molar-refractivity contribution in [3.63, 3.8) is 0 Å². The van der Waals surface area contributed by atoms with Gasteiger partial charge in [-0.05, 0) is 57.5 Å². The second-order valence-electron chi connectivity index (χ2n) is 7.31. The van der Waals surface area contributed by atoms with Gasteiger partial charge in [-0.15, -0.1) is 0 Å². The lowest BCUT2D eigenvalue weighted by Crippen LogP contribution is -2.35. The number of nitrogens with zero attached hydrogens (tertiary/aromatic N) is 3. The van der Waals surface area contributed by atoms with Gasteiger partial charge < -0.3 is 14.8 Å². The Balaban J connectivity index is 1.64. The summed E-state index contributed by atoms with van der Waals surface area (Å²) in [6.07, 6.45) is 1.80. The molecule has 3 aromatic rings. The molecule has 0 unspecified atom stereocenters. The number of carbonyl (C=O) groups is 1. The van der Waals surface area contributed by atoms with Gasteiger partial charge in [0.15, 0.2) is 0 Å². The van der Waals surface area contributed by atoms with Crippen molar-refractivity contribution in [2.24, 2.45) is 0 Å². The number of benzene rings is 1. The number of hydrogen-bond donors (Lipinski definition) is 1. The van der Waals surface area contributed by atoms with E-state index in [0.717, 1.165) is 35.7 Å². The van der Waals surface area contributed by atoms with Gasteiger partial charge in [0.2, 0.25) is 0 Å². The fraction of sp³-hybridized carbons (Fsp3) is 0.333. The smallest absolute Gasteiger partial charge is 0.253 e. The van der Waals surface area contributed by atoms with Crippen LogP contribution in [-0.2, 0) is 6.54 Å². The van der Waals surface area contributed by atoms with E-state index in [-0.39, 0.29) is 5.91 Å². The van der Waals surface area contributed by atoms with Crippen LogP contribution in [0.15, 0.2) is 54.7 Å². The first-order chi connectivity index (χ1) is 14.0. The molecule has 5 nitrogen and oxygen atoms in total. The summed E-state index contributed by atoms with van der Waals surface area (Å²) >= 11 is 0. The Hall–Kier alpha value is -3.08. The first kappa shape index (κ1) is 20.6. The zero-order valence-electron chi connectivity index (χ0n) is 17.8. The van der Waals surface area contributed by atoms with Crippen LogP contribution in [0.3, 0.4) is 0 Å². The quantitative estimate of drug-likeness (QED) is 0.630. The van der Waals surface area contributed by atoms with Crippen LogP contribution in [0.25, 0.3) is 0 Å². The molecular formula is C24H30N4O. The number of likely N-dealkylation sites (N-methyl/N-ethyl adjacent to an activating group) is 1. The minimum atomic E-state index is -0.0220. The lowest BCUT2D eigenvalue weighted by molar-refractivity contribution is 0.0954. The maximum Gasteiger partial charge on any atom is 0.253 e. The normalized spacial score (nSPS) is 10.8. The Bertz CT molecular complexity index is 962. The maximum atomic E-state index is 12.8. The number of aryl methyl sites for hydroxylation is 2. The predicted molar refractivity (Wildman–Crippen MR) is 119 cm³/mol. The molecule has 2 heterocycles. The molecule has 1 amide bonds. The third-order valence-electron chi connectivity index (χ3n) is 5.37. The summed E-state index contributed by atoms with van der Waals surface area (Å²) in [5, 5.41) is 3.09. The van der Waals surface area contributed by atoms with Crippen molar-refractivity contribution in [1.82, 2.24) is 14.9 Å². The minimum absolute atomic E-state index is 0.0220. The molecule has 0 aliphatic heterocycles. The Morgan fingerprint density at radius 3 is 2.55 bits per heavy atom. The molecule has 5 heteroatoms. The van der Waals surface area contributed by atoms with Crippen LogP contribution in [0.4, 0.5) is 5.69 Å². The van der Waals surface area contributed by atoms with Crippen molar-refractivity contribution in [1.29, 1.82) is 0 Å². The Morgan fingerprint density at radius 2 is 1.86 bits per heavy atom. The van der Waals surface area contributed by atoms with Crippen molar-refractivity contribution in [2.45, 2.75) is 34.2 Å². The van der Waals surface area contributed by atoms with E-state index in [9.17, 15) is 4.79 Å². The number of hydrogen-bond acceptors (Lipinski definition) is 3. The van der Waals surface area contributed by atoms with Gasteiger partial charge in [0, 0.05) is 42.9 Å². The average Bonchev–Trinajstić information content (AvgIpc) is 3.01. The molecule has 0 radical (unpaired) electrons. The molecule has 29 heavy (non-hydrogen) atoms. The highest BCUT2D eigenvalue weighted by Gasteiger charge is 2.16.